The molecule has 178 valence electrons. The molecular weight excluding hydrogens is 428 g/mol. The van der Waals surface area contributed by atoms with E-state index in [1.807, 2.05) is 12.1 Å². The van der Waals surface area contributed by atoms with Gasteiger partial charge in [-0.2, -0.15) is 10.2 Å². The van der Waals surface area contributed by atoms with E-state index in [0.717, 1.165) is 31.7 Å². The maximum atomic E-state index is 12.7. The topological polar surface area (TPSA) is 87.3 Å². The number of fused-ring (bicyclic) bond motifs is 1. The average Bonchev–Trinajstić information content (AvgIpc) is 2.87. The van der Waals surface area contributed by atoms with Crippen LogP contribution in [0.5, 0.6) is 5.75 Å². The van der Waals surface area contributed by atoms with Crippen LogP contribution < -0.4 is 15.3 Å². The van der Waals surface area contributed by atoms with E-state index in [1.165, 1.54) is 10.1 Å². The maximum absolute atomic E-state index is 12.7. The number of aryl methyl sites for hydroxylation is 1. The number of hydrogen-bond acceptors (Lipinski definition) is 7. The normalized spacial score (nSPS) is 19.7. The average molecular weight is 461 g/mol. The van der Waals surface area contributed by atoms with E-state index in [0.29, 0.717) is 22.5 Å². The Balaban J connectivity index is 1.71. The zero-order chi connectivity index (χ0) is 24.4. The number of benzene rings is 1. The minimum atomic E-state index is -0.318. The highest BCUT2D eigenvalue weighted by Gasteiger charge is 2.36. The van der Waals surface area contributed by atoms with Crippen molar-refractivity contribution in [2.24, 2.45) is 7.05 Å². The van der Waals surface area contributed by atoms with Gasteiger partial charge in [-0.1, -0.05) is 26.0 Å². The molecule has 2 aromatic heterocycles. The summed E-state index contributed by atoms with van der Waals surface area (Å²) in [6, 6.07) is 14.6. The van der Waals surface area contributed by atoms with Crippen LogP contribution in [-0.4, -0.2) is 51.7 Å². The van der Waals surface area contributed by atoms with E-state index in [2.05, 4.69) is 58.7 Å². The zero-order valence-electron chi connectivity index (χ0n) is 20.5. The second-order valence-corrected chi connectivity index (χ2v) is 8.91. The molecule has 1 fully saturated rings. The largest absolute Gasteiger partial charge is 0.497 e. The Morgan fingerprint density at radius 3 is 2.50 bits per heavy atom. The number of ether oxygens (including phenoxy) is 1. The summed E-state index contributed by atoms with van der Waals surface area (Å²) in [4.78, 5) is 26.4. The van der Waals surface area contributed by atoms with Crippen LogP contribution in [0, 0.1) is 11.3 Å². The van der Waals surface area contributed by atoms with Gasteiger partial charge >= 0.3 is 5.69 Å². The molecule has 8 nitrogen and oxygen atoms in total. The second kappa shape index (κ2) is 9.82. The number of nitriles is 1. The Bertz CT molecular complexity index is 1260. The van der Waals surface area contributed by atoms with Crippen LogP contribution in [0.15, 0.2) is 41.2 Å². The number of methoxy groups -OCH3 is 1. The fourth-order valence-corrected chi connectivity index (χ4v) is 5.06. The van der Waals surface area contributed by atoms with Crippen molar-refractivity contribution >= 4 is 16.9 Å². The Labute approximate surface area is 200 Å². The third kappa shape index (κ3) is 4.24. The molecule has 1 aliphatic heterocycles. The predicted octanol–water partition coefficient (Wildman–Crippen LogP) is 3.65. The molecule has 1 saturated heterocycles. The van der Waals surface area contributed by atoms with E-state index in [9.17, 15) is 10.1 Å². The maximum Gasteiger partial charge on any atom is 0.349 e. The van der Waals surface area contributed by atoms with Gasteiger partial charge in [-0.3, -0.25) is 9.47 Å². The fourth-order valence-electron chi connectivity index (χ4n) is 5.06. The van der Waals surface area contributed by atoms with Gasteiger partial charge in [-0.05, 0) is 49.6 Å². The lowest BCUT2D eigenvalue weighted by atomic mass is 9.96. The molecule has 3 unspecified atom stereocenters. The molecule has 3 heterocycles. The Morgan fingerprint density at radius 2 is 1.88 bits per heavy atom. The number of hydrogen-bond donors (Lipinski definition) is 0. The number of anilines is 1. The molecular formula is C26H32N6O2. The van der Waals surface area contributed by atoms with Crippen molar-refractivity contribution < 1.29 is 4.74 Å². The molecule has 0 radical (unpaired) electrons. The first-order valence-electron chi connectivity index (χ1n) is 11.9. The summed E-state index contributed by atoms with van der Waals surface area (Å²) in [7, 11) is 3.37. The third-order valence-electron chi connectivity index (χ3n) is 6.96. The van der Waals surface area contributed by atoms with Gasteiger partial charge in [-0.15, -0.1) is 0 Å². The molecule has 1 aromatic carbocycles. The summed E-state index contributed by atoms with van der Waals surface area (Å²) in [6.45, 7) is 8.16. The SMILES string of the molecule is CCC1CN(c2nc(=O)n(C)c3ccc(C#N)nc23)C(C)CN1C(CC)c1ccc(OC)cc1. The summed E-state index contributed by atoms with van der Waals surface area (Å²) < 4.78 is 6.83. The summed E-state index contributed by atoms with van der Waals surface area (Å²) >= 11 is 0. The molecule has 0 saturated carbocycles. The first-order chi connectivity index (χ1) is 16.4. The van der Waals surface area contributed by atoms with Gasteiger partial charge in [0.15, 0.2) is 5.82 Å². The van der Waals surface area contributed by atoms with Gasteiger partial charge in [0.25, 0.3) is 0 Å². The quantitative estimate of drug-likeness (QED) is 0.555. The molecule has 1 aliphatic rings. The lowest BCUT2D eigenvalue weighted by molar-refractivity contribution is 0.0939. The first kappa shape index (κ1) is 23.7. The lowest BCUT2D eigenvalue weighted by Crippen LogP contribution is -2.58. The van der Waals surface area contributed by atoms with Crippen LogP contribution in [0.4, 0.5) is 5.82 Å². The molecule has 8 heteroatoms. The Morgan fingerprint density at radius 1 is 1.15 bits per heavy atom. The van der Waals surface area contributed by atoms with Gasteiger partial charge < -0.3 is 9.64 Å². The highest BCUT2D eigenvalue weighted by molar-refractivity contribution is 5.86. The van der Waals surface area contributed by atoms with Crippen molar-refractivity contribution in [3.63, 3.8) is 0 Å². The molecule has 3 aromatic rings. The van der Waals surface area contributed by atoms with Crippen LogP contribution in [0.3, 0.4) is 0 Å². The molecule has 0 N–H and O–H groups in total. The van der Waals surface area contributed by atoms with Crippen LogP contribution in [0.2, 0.25) is 0 Å². The van der Waals surface area contributed by atoms with Gasteiger partial charge in [-0.25, -0.2) is 9.78 Å². The van der Waals surface area contributed by atoms with Gasteiger partial charge in [0.2, 0.25) is 0 Å². The first-order valence-corrected chi connectivity index (χ1v) is 11.9. The van der Waals surface area contributed by atoms with E-state index < -0.39 is 0 Å². The molecule has 0 amide bonds. The molecule has 4 rings (SSSR count). The van der Waals surface area contributed by atoms with Crippen molar-refractivity contribution in [2.75, 3.05) is 25.1 Å². The highest BCUT2D eigenvalue weighted by Crippen LogP contribution is 2.34. The van der Waals surface area contributed by atoms with Crippen LogP contribution >= 0.6 is 0 Å². The minimum Gasteiger partial charge on any atom is -0.497 e. The summed E-state index contributed by atoms with van der Waals surface area (Å²) in [6.07, 6.45) is 1.96. The summed E-state index contributed by atoms with van der Waals surface area (Å²) in [5, 5.41) is 9.39. The summed E-state index contributed by atoms with van der Waals surface area (Å²) in [5.41, 5.74) is 2.55. The third-order valence-corrected chi connectivity index (χ3v) is 6.96. The van der Waals surface area contributed by atoms with E-state index >= 15 is 0 Å². The molecule has 0 spiro atoms. The Hall–Kier alpha value is -3.44. The van der Waals surface area contributed by atoms with Crippen molar-refractivity contribution in [2.45, 2.75) is 51.7 Å². The van der Waals surface area contributed by atoms with E-state index in [1.54, 1.807) is 26.3 Å². The van der Waals surface area contributed by atoms with Crippen molar-refractivity contribution in [1.82, 2.24) is 19.4 Å². The molecule has 3 atom stereocenters. The van der Waals surface area contributed by atoms with Crippen LogP contribution in [0.25, 0.3) is 11.0 Å². The number of piperazine rings is 1. The molecule has 34 heavy (non-hydrogen) atoms. The summed E-state index contributed by atoms with van der Waals surface area (Å²) in [5.74, 6) is 1.43. The smallest absolute Gasteiger partial charge is 0.349 e. The highest BCUT2D eigenvalue weighted by atomic mass is 16.5. The number of rotatable bonds is 6. The Kier molecular flexibility index (Phi) is 6.85. The standard InChI is InChI=1S/C26H32N6O2/c1-6-20-16-31(25-24-23(30(4)26(33)29-25)13-10-19(14-27)28-24)17(3)15-32(20)22(7-2)18-8-11-21(34-5)12-9-18/h8-13,17,20,22H,6-7,15-16H2,1-5H3. The lowest BCUT2D eigenvalue weighted by Gasteiger charge is -2.49. The monoisotopic (exact) mass is 460 g/mol. The number of aromatic nitrogens is 3. The van der Waals surface area contributed by atoms with Crippen LogP contribution in [-0.2, 0) is 7.05 Å². The van der Waals surface area contributed by atoms with Crippen molar-refractivity contribution in [3.8, 4) is 11.8 Å². The second-order valence-electron chi connectivity index (χ2n) is 8.91. The zero-order valence-corrected chi connectivity index (χ0v) is 20.5. The van der Waals surface area contributed by atoms with Gasteiger partial charge in [0, 0.05) is 38.3 Å². The van der Waals surface area contributed by atoms with Gasteiger partial charge in [0.1, 0.15) is 23.0 Å². The van der Waals surface area contributed by atoms with Crippen molar-refractivity contribution in [1.29, 1.82) is 5.26 Å². The van der Waals surface area contributed by atoms with E-state index in [4.69, 9.17) is 4.74 Å². The number of nitrogens with zero attached hydrogens (tertiary/aromatic N) is 6. The van der Waals surface area contributed by atoms with Crippen LogP contribution in [0.1, 0.15) is 50.9 Å². The van der Waals surface area contributed by atoms with Gasteiger partial charge in [0.05, 0.1) is 12.6 Å². The van der Waals surface area contributed by atoms with E-state index in [-0.39, 0.29) is 23.8 Å². The minimum absolute atomic E-state index is 0.116. The number of pyridine rings is 1. The predicted molar refractivity (Wildman–Crippen MR) is 133 cm³/mol. The fraction of sp³-hybridized carbons (Fsp3) is 0.462. The molecule has 0 aliphatic carbocycles. The van der Waals surface area contributed by atoms with Crippen molar-refractivity contribution in [3.05, 3.63) is 58.1 Å². The molecule has 0 bridgehead atoms.